The van der Waals surface area contributed by atoms with Crippen molar-refractivity contribution in [2.45, 2.75) is 0 Å². The third-order valence-corrected chi connectivity index (χ3v) is 8.90. The fourth-order valence-electron chi connectivity index (χ4n) is 5.61. The van der Waals surface area contributed by atoms with Crippen LogP contribution in [0.4, 0.5) is 17.1 Å². The Bertz CT molecular complexity index is 2170. The minimum Gasteiger partial charge on any atom is -0.454 e. The average molecular weight is 571 g/mol. The lowest BCUT2D eigenvalue weighted by atomic mass is 10.0. The Kier molecular flexibility index (Phi) is 4.87. The van der Waals surface area contributed by atoms with Gasteiger partial charge in [-0.15, -0.1) is 11.3 Å². The summed E-state index contributed by atoms with van der Waals surface area (Å²) in [6, 6.07) is 43.1. The van der Waals surface area contributed by atoms with Crippen molar-refractivity contribution in [1.82, 2.24) is 0 Å². The zero-order chi connectivity index (χ0) is 25.2. The molecule has 2 heterocycles. The van der Waals surface area contributed by atoms with E-state index in [0.29, 0.717) is 0 Å². The Hall–Kier alpha value is -4.12. The number of anilines is 3. The molecule has 0 saturated heterocycles. The van der Waals surface area contributed by atoms with Gasteiger partial charge in [-0.3, -0.25) is 0 Å². The number of hydrogen-bond donors (Lipinski definition) is 0. The van der Waals surface area contributed by atoms with Gasteiger partial charge in [0.15, 0.2) is 5.58 Å². The van der Waals surface area contributed by atoms with Crippen LogP contribution in [0.2, 0.25) is 0 Å². The van der Waals surface area contributed by atoms with Crippen LogP contribution in [0.5, 0.6) is 0 Å². The molecule has 0 aliphatic rings. The molecule has 8 aromatic rings. The van der Waals surface area contributed by atoms with Crippen LogP contribution in [0.15, 0.2) is 130 Å². The first-order valence-corrected chi connectivity index (χ1v) is 14.2. The van der Waals surface area contributed by atoms with Gasteiger partial charge >= 0.3 is 0 Å². The second kappa shape index (κ2) is 8.45. The van der Waals surface area contributed by atoms with E-state index in [1.54, 1.807) is 0 Å². The van der Waals surface area contributed by atoms with Crippen molar-refractivity contribution in [3.05, 3.63) is 126 Å². The van der Waals surface area contributed by atoms with E-state index in [2.05, 4.69) is 130 Å². The van der Waals surface area contributed by atoms with Crippen molar-refractivity contribution in [2.75, 3.05) is 4.90 Å². The Morgan fingerprint density at radius 1 is 0.553 bits per heavy atom. The average Bonchev–Trinajstić information content (AvgIpc) is 3.52. The third-order valence-electron chi connectivity index (χ3n) is 7.29. The highest BCUT2D eigenvalue weighted by Crippen LogP contribution is 2.47. The Labute approximate surface area is 231 Å². The second-order valence-corrected chi connectivity index (χ2v) is 11.5. The molecule has 6 aromatic carbocycles. The van der Waals surface area contributed by atoms with Gasteiger partial charge in [-0.25, -0.2) is 0 Å². The van der Waals surface area contributed by atoms with E-state index in [4.69, 9.17) is 4.42 Å². The predicted octanol–water partition coefficient (Wildman–Crippen LogP) is 11.3. The van der Waals surface area contributed by atoms with Crippen molar-refractivity contribution in [3.63, 3.8) is 0 Å². The van der Waals surface area contributed by atoms with E-state index in [1.807, 2.05) is 23.5 Å². The molecule has 0 fully saturated rings. The normalized spacial score (nSPS) is 11.8. The molecule has 38 heavy (non-hydrogen) atoms. The van der Waals surface area contributed by atoms with Crippen LogP contribution in [-0.2, 0) is 0 Å². The summed E-state index contributed by atoms with van der Waals surface area (Å²) in [5.74, 6) is 0. The van der Waals surface area contributed by atoms with Crippen molar-refractivity contribution in [2.24, 2.45) is 0 Å². The van der Waals surface area contributed by atoms with E-state index in [-0.39, 0.29) is 0 Å². The minimum atomic E-state index is 0.873. The van der Waals surface area contributed by atoms with Crippen LogP contribution in [0.3, 0.4) is 0 Å². The fourth-order valence-corrected chi connectivity index (χ4v) is 7.14. The maximum absolute atomic E-state index is 6.56. The lowest BCUT2D eigenvalue weighted by Gasteiger charge is -2.27. The van der Waals surface area contributed by atoms with Gasteiger partial charge in [0, 0.05) is 46.5 Å². The molecule has 0 unspecified atom stereocenters. The molecule has 0 atom stereocenters. The molecule has 0 bridgehead atoms. The van der Waals surface area contributed by atoms with E-state index in [1.165, 1.54) is 30.9 Å². The van der Waals surface area contributed by atoms with Crippen molar-refractivity contribution in [3.8, 4) is 0 Å². The molecule has 0 aliphatic heterocycles. The van der Waals surface area contributed by atoms with E-state index >= 15 is 0 Å². The van der Waals surface area contributed by atoms with E-state index < -0.39 is 0 Å². The number of rotatable bonds is 3. The van der Waals surface area contributed by atoms with Gasteiger partial charge in [-0.05, 0) is 53.9 Å². The molecule has 0 saturated carbocycles. The fraction of sp³-hybridized carbons (Fsp3) is 0. The Morgan fingerprint density at radius 3 is 2.21 bits per heavy atom. The van der Waals surface area contributed by atoms with Crippen molar-refractivity contribution in [1.29, 1.82) is 0 Å². The number of fused-ring (bicyclic) bond motifs is 7. The zero-order valence-corrected chi connectivity index (χ0v) is 22.6. The highest BCUT2D eigenvalue weighted by molar-refractivity contribution is 9.10. The van der Waals surface area contributed by atoms with Crippen molar-refractivity contribution >= 4 is 97.2 Å². The molecule has 0 radical (unpaired) electrons. The van der Waals surface area contributed by atoms with Gasteiger partial charge in [0.25, 0.3) is 0 Å². The second-order valence-electron chi connectivity index (χ2n) is 9.51. The van der Waals surface area contributed by atoms with Crippen LogP contribution < -0.4 is 4.90 Å². The number of benzene rings is 6. The number of nitrogens with zero attached hydrogens (tertiary/aromatic N) is 1. The summed E-state index contributed by atoms with van der Waals surface area (Å²) in [6.45, 7) is 0. The smallest absolute Gasteiger partial charge is 0.159 e. The predicted molar refractivity (Wildman–Crippen MR) is 166 cm³/mol. The first kappa shape index (κ1) is 21.9. The largest absolute Gasteiger partial charge is 0.454 e. The summed E-state index contributed by atoms with van der Waals surface area (Å²) in [6.07, 6.45) is 0. The molecule has 2 aromatic heterocycles. The maximum atomic E-state index is 6.56. The summed E-state index contributed by atoms with van der Waals surface area (Å²) < 4.78 is 10.2. The van der Waals surface area contributed by atoms with Crippen LogP contribution in [0.1, 0.15) is 0 Å². The molecule has 180 valence electrons. The van der Waals surface area contributed by atoms with Crippen molar-refractivity contribution < 1.29 is 4.42 Å². The molecule has 2 nitrogen and oxygen atoms in total. The van der Waals surface area contributed by atoms with E-state index in [9.17, 15) is 0 Å². The van der Waals surface area contributed by atoms with Crippen LogP contribution in [-0.4, -0.2) is 0 Å². The van der Waals surface area contributed by atoms with Gasteiger partial charge in [0.2, 0.25) is 0 Å². The van der Waals surface area contributed by atoms with Gasteiger partial charge in [0.1, 0.15) is 5.58 Å². The maximum Gasteiger partial charge on any atom is 0.159 e. The quantitative estimate of drug-likeness (QED) is 0.210. The van der Waals surface area contributed by atoms with Gasteiger partial charge in [-0.2, -0.15) is 0 Å². The number of hydrogen-bond acceptors (Lipinski definition) is 3. The molecular formula is C34H20BrNOS. The topological polar surface area (TPSA) is 16.4 Å². The zero-order valence-electron chi connectivity index (χ0n) is 20.2. The monoisotopic (exact) mass is 569 g/mol. The van der Waals surface area contributed by atoms with Crippen LogP contribution in [0, 0.1) is 0 Å². The molecule has 0 amide bonds. The Balaban J connectivity index is 1.49. The summed E-state index contributed by atoms with van der Waals surface area (Å²) in [4.78, 5) is 2.35. The molecule has 8 rings (SSSR count). The number of para-hydroxylation sites is 1. The van der Waals surface area contributed by atoms with Gasteiger partial charge in [0.05, 0.1) is 11.4 Å². The standard InChI is InChI=1S/C34H20BrNOS/c35-22-18-28-25-11-3-5-14-31(25)37-34(28)30(19-22)36(29-13-7-9-21-8-1-2-10-24(21)29)23-16-17-33-27(20-23)26-12-4-6-15-32(26)38-33/h1-20H. The third kappa shape index (κ3) is 3.31. The molecule has 0 aliphatic carbocycles. The molecule has 4 heteroatoms. The molecular weight excluding hydrogens is 550 g/mol. The minimum absolute atomic E-state index is 0.873. The lowest BCUT2D eigenvalue weighted by molar-refractivity contribution is 0.669. The highest BCUT2D eigenvalue weighted by atomic mass is 79.9. The van der Waals surface area contributed by atoms with E-state index in [0.717, 1.165) is 43.5 Å². The van der Waals surface area contributed by atoms with Gasteiger partial charge in [-0.1, -0.05) is 88.7 Å². The first-order valence-electron chi connectivity index (χ1n) is 12.5. The molecule has 0 spiro atoms. The van der Waals surface area contributed by atoms with Crippen LogP contribution >= 0.6 is 27.3 Å². The summed E-state index contributed by atoms with van der Waals surface area (Å²) in [5, 5.41) is 7.15. The number of thiophene rings is 1. The summed E-state index contributed by atoms with van der Waals surface area (Å²) in [5.41, 5.74) is 4.97. The summed E-state index contributed by atoms with van der Waals surface area (Å²) in [7, 11) is 0. The molecule has 0 N–H and O–H groups in total. The summed E-state index contributed by atoms with van der Waals surface area (Å²) >= 11 is 5.66. The first-order chi connectivity index (χ1) is 18.7. The van der Waals surface area contributed by atoms with Gasteiger partial charge < -0.3 is 9.32 Å². The highest BCUT2D eigenvalue weighted by Gasteiger charge is 2.22. The number of furan rings is 1. The lowest BCUT2D eigenvalue weighted by Crippen LogP contribution is -2.11. The Morgan fingerprint density at radius 2 is 1.29 bits per heavy atom. The number of halogens is 1. The SMILES string of the molecule is Brc1cc(N(c2ccc3sc4ccccc4c3c2)c2cccc3ccccc23)c2oc3ccccc3c2c1. The van der Waals surface area contributed by atoms with Crippen LogP contribution in [0.25, 0.3) is 52.9 Å².